The summed E-state index contributed by atoms with van der Waals surface area (Å²) in [4.78, 5) is 19.6. The van der Waals surface area contributed by atoms with E-state index < -0.39 is 11.6 Å². The van der Waals surface area contributed by atoms with Crippen molar-refractivity contribution in [2.45, 2.75) is 0 Å². The quantitative estimate of drug-likeness (QED) is 0.430. The summed E-state index contributed by atoms with van der Waals surface area (Å²) in [5.41, 5.74) is 6.43. The van der Waals surface area contributed by atoms with Crippen LogP contribution in [0.15, 0.2) is 36.7 Å². The van der Waals surface area contributed by atoms with Crippen LogP contribution in [-0.4, -0.2) is 15.8 Å². The number of benzene rings is 1. The van der Waals surface area contributed by atoms with Crippen molar-refractivity contribution >= 4 is 37.0 Å². The summed E-state index contributed by atoms with van der Waals surface area (Å²) in [6, 6.07) is 6.53. The second-order valence-electron chi connectivity index (χ2n) is 4.36. The fraction of sp³-hybridized carbons (Fsp3) is 0. The highest BCUT2D eigenvalue weighted by Crippen LogP contribution is 2.23. The maximum atomic E-state index is 14.1. The fourth-order valence-electron chi connectivity index (χ4n) is 2.12. The minimum Gasteiger partial charge on any atom is -0.396 e. The van der Waals surface area contributed by atoms with Gasteiger partial charge in [-0.05, 0) is 23.5 Å². The molecule has 1 atom stereocenters. The lowest BCUT2D eigenvalue weighted by Gasteiger charge is -2.07. The molecule has 0 aliphatic rings. The first kappa shape index (κ1) is 12.8. The standard InChI is InChI=1S/C14H11FN3OP/c15-12-9(16)3-4-10(20)11(12)13(19)8-6-18-14-7(8)2-1-5-17-14/h1-6H,16,20H2,(H,17,18). The van der Waals surface area contributed by atoms with Gasteiger partial charge >= 0.3 is 0 Å². The highest BCUT2D eigenvalue weighted by molar-refractivity contribution is 7.27. The number of nitrogen functional groups attached to an aromatic ring is 1. The third-order valence-electron chi connectivity index (χ3n) is 3.13. The average molecular weight is 287 g/mol. The maximum Gasteiger partial charge on any atom is 0.198 e. The van der Waals surface area contributed by atoms with Crippen LogP contribution in [0.25, 0.3) is 11.0 Å². The molecule has 0 bridgehead atoms. The van der Waals surface area contributed by atoms with Crippen molar-refractivity contribution in [1.29, 1.82) is 0 Å². The Morgan fingerprint density at radius 3 is 2.95 bits per heavy atom. The third-order valence-corrected chi connectivity index (χ3v) is 3.61. The van der Waals surface area contributed by atoms with Gasteiger partial charge in [-0.2, -0.15) is 0 Å². The van der Waals surface area contributed by atoms with E-state index in [1.54, 1.807) is 24.4 Å². The molecule has 1 aromatic carbocycles. The Morgan fingerprint density at radius 1 is 1.35 bits per heavy atom. The van der Waals surface area contributed by atoms with E-state index >= 15 is 0 Å². The van der Waals surface area contributed by atoms with Gasteiger partial charge < -0.3 is 10.7 Å². The highest BCUT2D eigenvalue weighted by atomic mass is 31.0. The van der Waals surface area contributed by atoms with E-state index in [4.69, 9.17) is 5.73 Å². The number of hydrogen-bond acceptors (Lipinski definition) is 3. The van der Waals surface area contributed by atoms with Crippen LogP contribution in [0, 0.1) is 5.82 Å². The summed E-state index contributed by atoms with van der Waals surface area (Å²) in [5.74, 6) is -1.11. The molecule has 2 aromatic heterocycles. The van der Waals surface area contributed by atoms with Gasteiger partial charge in [0, 0.05) is 23.3 Å². The van der Waals surface area contributed by atoms with Crippen LogP contribution in [0.4, 0.5) is 10.1 Å². The van der Waals surface area contributed by atoms with Crippen molar-refractivity contribution in [3.8, 4) is 0 Å². The van der Waals surface area contributed by atoms with Crippen LogP contribution in [0.5, 0.6) is 0 Å². The molecular formula is C14H11FN3OP. The van der Waals surface area contributed by atoms with E-state index in [1.807, 2.05) is 0 Å². The minimum atomic E-state index is -0.694. The van der Waals surface area contributed by atoms with Gasteiger partial charge in [0.25, 0.3) is 0 Å². The molecule has 0 aliphatic heterocycles. The van der Waals surface area contributed by atoms with Gasteiger partial charge in [-0.25, -0.2) is 9.37 Å². The van der Waals surface area contributed by atoms with Crippen LogP contribution >= 0.6 is 9.24 Å². The lowest BCUT2D eigenvalue weighted by molar-refractivity contribution is 0.103. The number of fused-ring (bicyclic) bond motifs is 1. The van der Waals surface area contributed by atoms with Gasteiger partial charge in [-0.1, -0.05) is 6.07 Å². The number of aromatic nitrogens is 2. The number of pyridine rings is 1. The van der Waals surface area contributed by atoms with Crippen LogP contribution < -0.4 is 11.0 Å². The van der Waals surface area contributed by atoms with E-state index in [9.17, 15) is 9.18 Å². The molecule has 3 rings (SSSR count). The molecule has 0 fully saturated rings. The SMILES string of the molecule is Nc1ccc(P)c(C(=O)c2c[nH]c3ncccc23)c1F. The lowest BCUT2D eigenvalue weighted by atomic mass is 10.0. The zero-order valence-electron chi connectivity index (χ0n) is 10.4. The fourth-order valence-corrected chi connectivity index (χ4v) is 2.47. The first-order chi connectivity index (χ1) is 9.59. The number of H-pyrrole nitrogens is 1. The molecule has 0 aliphatic carbocycles. The number of hydrogen-bond donors (Lipinski definition) is 2. The highest BCUT2D eigenvalue weighted by Gasteiger charge is 2.21. The predicted molar refractivity (Wildman–Crippen MR) is 79.7 cm³/mol. The molecule has 100 valence electrons. The smallest absolute Gasteiger partial charge is 0.198 e. The second-order valence-corrected chi connectivity index (χ2v) is 4.99. The molecule has 1 unspecified atom stereocenters. The second kappa shape index (κ2) is 4.69. The van der Waals surface area contributed by atoms with Crippen molar-refractivity contribution < 1.29 is 9.18 Å². The Balaban J connectivity index is 2.21. The van der Waals surface area contributed by atoms with Gasteiger partial charge in [0.2, 0.25) is 0 Å². The van der Waals surface area contributed by atoms with E-state index in [-0.39, 0.29) is 11.3 Å². The topological polar surface area (TPSA) is 71.8 Å². The van der Waals surface area contributed by atoms with Crippen molar-refractivity contribution in [3.63, 3.8) is 0 Å². The summed E-state index contributed by atoms with van der Waals surface area (Å²) in [6.45, 7) is 0. The summed E-state index contributed by atoms with van der Waals surface area (Å²) >= 11 is 0. The van der Waals surface area contributed by atoms with Crippen molar-refractivity contribution in [1.82, 2.24) is 9.97 Å². The number of rotatable bonds is 2. The molecule has 4 nitrogen and oxygen atoms in total. The van der Waals surface area contributed by atoms with Gasteiger partial charge in [-0.15, -0.1) is 9.24 Å². The first-order valence-electron chi connectivity index (χ1n) is 5.90. The molecule has 0 saturated carbocycles. The van der Waals surface area contributed by atoms with E-state index in [0.717, 1.165) is 0 Å². The summed E-state index contributed by atoms with van der Waals surface area (Å²) < 4.78 is 14.1. The molecule has 3 N–H and O–H groups in total. The molecule has 0 amide bonds. The number of anilines is 1. The molecule has 6 heteroatoms. The Morgan fingerprint density at radius 2 is 2.15 bits per heavy atom. The lowest BCUT2D eigenvalue weighted by Crippen LogP contribution is -2.15. The average Bonchev–Trinajstić information content (AvgIpc) is 2.87. The number of nitrogens with zero attached hydrogens (tertiary/aromatic N) is 1. The Bertz CT molecular complexity index is 828. The summed E-state index contributed by atoms with van der Waals surface area (Å²) in [5, 5.41) is 1.13. The zero-order valence-corrected chi connectivity index (χ0v) is 11.5. The molecule has 2 heterocycles. The van der Waals surface area contributed by atoms with Crippen molar-refractivity contribution in [3.05, 3.63) is 53.6 Å². The van der Waals surface area contributed by atoms with E-state index in [1.165, 1.54) is 12.3 Å². The number of carbonyl (C=O) groups excluding carboxylic acids is 1. The van der Waals surface area contributed by atoms with Crippen molar-refractivity contribution in [2.75, 3.05) is 5.73 Å². The van der Waals surface area contributed by atoms with Gasteiger partial charge in [-0.3, -0.25) is 4.79 Å². The number of nitrogens with one attached hydrogen (secondary N) is 1. The maximum absolute atomic E-state index is 14.1. The molecule has 3 aromatic rings. The first-order valence-corrected chi connectivity index (χ1v) is 6.47. The largest absolute Gasteiger partial charge is 0.396 e. The van der Waals surface area contributed by atoms with E-state index in [0.29, 0.717) is 21.9 Å². The molecule has 0 saturated heterocycles. The van der Waals surface area contributed by atoms with E-state index in [2.05, 4.69) is 19.2 Å². The number of halogens is 1. The summed E-state index contributed by atoms with van der Waals surface area (Å²) in [7, 11) is 2.35. The normalized spacial score (nSPS) is 10.9. The van der Waals surface area contributed by atoms with Crippen LogP contribution in [-0.2, 0) is 0 Å². The Hall–Kier alpha value is -2.26. The number of carbonyl (C=O) groups is 1. The van der Waals surface area contributed by atoms with Gasteiger partial charge in [0.1, 0.15) is 5.65 Å². The zero-order chi connectivity index (χ0) is 14.3. The van der Waals surface area contributed by atoms with Gasteiger partial charge in [0.15, 0.2) is 11.6 Å². The Labute approximate surface area is 116 Å². The van der Waals surface area contributed by atoms with Crippen LogP contribution in [0.2, 0.25) is 0 Å². The number of ketones is 1. The molecule has 20 heavy (non-hydrogen) atoms. The third kappa shape index (κ3) is 1.87. The molecule has 0 radical (unpaired) electrons. The molecular weight excluding hydrogens is 276 g/mol. The van der Waals surface area contributed by atoms with Gasteiger partial charge in [0.05, 0.1) is 11.3 Å². The van der Waals surface area contributed by atoms with Crippen molar-refractivity contribution in [2.24, 2.45) is 0 Å². The monoisotopic (exact) mass is 287 g/mol. The number of nitrogens with two attached hydrogens (primary N) is 1. The van der Waals surface area contributed by atoms with Crippen LogP contribution in [0.1, 0.15) is 15.9 Å². The molecule has 0 spiro atoms. The number of aromatic amines is 1. The Kier molecular flexibility index (Phi) is 2.99. The summed E-state index contributed by atoms with van der Waals surface area (Å²) in [6.07, 6.45) is 3.15. The minimum absolute atomic E-state index is 0.0280. The van der Waals surface area contributed by atoms with Crippen LogP contribution in [0.3, 0.4) is 0 Å². The predicted octanol–water partition coefficient (Wildman–Crippen LogP) is 2.02.